The third kappa shape index (κ3) is 3.12. The molecule has 4 nitrogen and oxygen atoms in total. The average molecular weight is 289 g/mol. The van der Waals surface area contributed by atoms with Crippen LogP contribution in [0, 0.1) is 26.6 Å². The van der Waals surface area contributed by atoms with Crippen LogP contribution in [-0.2, 0) is 0 Å². The van der Waals surface area contributed by atoms with E-state index in [2.05, 4.69) is 15.3 Å². The van der Waals surface area contributed by atoms with E-state index in [1.165, 1.54) is 0 Å². The van der Waals surface area contributed by atoms with Crippen molar-refractivity contribution in [3.63, 3.8) is 0 Å². The van der Waals surface area contributed by atoms with Crippen molar-refractivity contribution >= 4 is 5.82 Å². The van der Waals surface area contributed by atoms with Gasteiger partial charge in [-0.25, -0.2) is 14.4 Å². The Bertz CT molecular complexity index is 648. The van der Waals surface area contributed by atoms with Crippen molar-refractivity contribution in [2.45, 2.75) is 34.1 Å². The van der Waals surface area contributed by atoms with Gasteiger partial charge in [-0.05, 0) is 50.5 Å². The second-order valence-corrected chi connectivity index (χ2v) is 5.18. The zero-order chi connectivity index (χ0) is 15.6. The van der Waals surface area contributed by atoms with E-state index in [1.54, 1.807) is 19.1 Å². The highest BCUT2D eigenvalue weighted by atomic mass is 19.1. The molecule has 0 saturated carbocycles. The van der Waals surface area contributed by atoms with Crippen LogP contribution in [0.2, 0.25) is 0 Å². The first-order valence-corrected chi connectivity index (χ1v) is 7.02. The summed E-state index contributed by atoms with van der Waals surface area (Å²) in [5.74, 6) is 0.530. The lowest BCUT2D eigenvalue weighted by molar-refractivity contribution is 0.467. The number of aromatic hydroxyl groups is 1. The lowest BCUT2D eigenvalue weighted by Gasteiger charge is -2.11. The summed E-state index contributed by atoms with van der Waals surface area (Å²) < 4.78 is 14.0. The van der Waals surface area contributed by atoms with Crippen LogP contribution < -0.4 is 5.32 Å². The predicted molar refractivity (Wildman–Crippen MR) is 82.1 cm³/mol. The van der Waals surface area contributed by atoms with Crippen LogP contribution in [0.5, 0.6) is 5.75 Å². The van der Waals surface area contributed by atoms with E-state index in [-0.39, 0.29) is 11.6 Å². The smallest absolute Gasteiger partial charge is 0.186 e. The predicted octanol–water partition coefficient (Wildman–Crippen LogP) is 3.74. The fourth-order valence-corrected chi connectivity index (χ4v) is 2.13. The molecule has 1 aromatic carbocycles. The van der Waals surface area contributed by atoms with Gasteiger partial charge >= 0.3 is 0 Å². The van der Waals surface area contributed by atoms with Gasteiger partial charge in [-0.15, -0.1) is 0 Å². The molecular weight excluding hydrogens is 269 g/mol. The highest BCUT2D eigenvalue weighted by molar-refractivity contribution is 5.62. The van der Waals surface area contributed by atoms with Gasteiger partial charge in [0.05, 0.1) is 5.69 Å². The van der Waals surface area contributed by atoms with Gasteiger partial charge in [-0.3, -0.25) is 0 Å². The first kappa shape index (κ1) is 15.2. The highest BCUT2D eigenvalue weighted by Gasteiger charge is 2.14. The number of hydrogen-bond acceptors (Lipinski definition) is 4. The third-order valence-electron chi connectivity index (χ3n) is 3.31. The summed E-state index contributed by atoms with van der Waals surface area (Å²) >= 11 is 0. The molecule has 0 aliphatic rings. The molecule has 2 aromatic rings. The zero-order valence-electron chi connectivity index (χ0n) is 12.8. The van der Waals surface area contributed by atoms with Gasteiger partial charge in [-0.1, -0.05) is 6.92 Å². The van der Waals surface area contributed by atoms with Gasteiger partial charge < -0.3 is 10.4 Å². The van der Waals surface area contributed by atoms with Gasteiger partial charge in [-0.2, -0.15) is 0 Å². The number of nitrogens with zero attached hydrogens (tertiary/aromatic N) is 2. The molecule has 0 spiro atoms. The first-order valence-electron chi connectivity index (χ1n) is 7.02. The Morgan fingerprint density at radius 1 is 1.14 bits per heavy atom. The Hall–Kier alpha value is -2.17. The summed E-state index contributed by atoms with van der Waals surface area (Å²) in [5, 5.41) is 12.8. The van der Waals surface area contributed by atoms with Crippen LogP contribution in [0.15, 0.2) is 12.1 Å². The fourth-order valence-electron chi connectivity index (χ4n) is 2.13. The molecule has 2 N–H and O–H groups in total. The molecular formula is C16H20FN3O. The van der Waals surface area contributed by atoms with E-state index in [4.69, 9.17) is 0 Å². The summed E-state index contributed by atoms with van der Waals surface area (Å²) in [6.45, 7) is 7.92. The Balaban J connectivity index is 2.51. The SMILES string of the molecule is CCCNc1nc(-c2cc(C)c(O)c(C)c2)nc(C)c1F. The van der Waals surface area contributed by atoms with Crippen molar-refractivity contribution in [2.24, 2.45) is 0 Å². The van der Waals surface area contributed by atoms with Crippen molar-refractivity contribution in [3.8, 4) is 17.1 Å². The van der Waals surface area contributed by atoms with E-state index >= 15 is 0 Å². The number of aromatic nitrogens is 2. The molecule has 0 saturated heterocycles. The van der Waals surface area contributed by atoms with Gasteiger partial charge in [0.1, 0.15) is 5.75 Å². The van der Waals surface area contributed by atoms with Gasteiger partial charge in [0.15, 0.2) is 17.5 Å². The average Bonchev–Trinajstić information content (AvgIpc) is 2.45. The second-order valence-electron chi connectivity index (χ2n) is 5.18. The Morgan fingerprint density at radius 3 is 2.33 bits per heavy atom. The molecule has 0 radical (unpaired) electrons. The third-order valence-corrected chi connectivity index (χ3v) is 3.31. The number of benzene rings is 1. The molecule has 0 atom stereocenters. The molecule has 0 aliphatic carbocycles. The van der Waals surface area contributed by atoms with Crippen LogP contribution in [0.3, 0.4) is 0 Å². The number of rotatable bonds is 4. The minimum Gasteiger partial charge on any atom is -0.507 e. The molecule has 5 heteroatoms. The van der Waals surface area contributed by atoms with E-state index < -0.39 is 5.82 Å². The minimum atomic E-state index is -0.417. The van der Waals surface area contributed by atoms with E-state index in [0.29, 0.717) is 18.1 Å². The number of phenolic OH excluding ortho intramolecular Hbond substituents is 1. The van der Waals surface area contributed by atoms with E-state index in [0.717, 1.165) is 23.1 Å². The number of aryl methyl sites for hydroxylation is 3. The first-order chi connectivity index (χ1) is 9.93. The number of hydrogen-bond donors (Lipinski definition) is 2. The number of phenols is 1. The Labute approximate surface area is 124 Å². The number of anilines is 1. The standard InChI is InChI=1S/C16H20FN3O/c1-5-6-18-16-13(17)11(4)19-15(20-16)12-7-9(2)14(21)10(3)8-12/h7-8,21H,5-6H2,1-4H3,(H,18,19,20). The molecule has 1 heterocycles. The molecule has 112 valence electrons. The normalized spacial score (nSPS) is 10.7. The van der Waals surface area contributed by atoms with Crippen LogP contribution >= 0.6 is 0 Å². The summed E-state index contributed by atoms with van der Waals surface area (Å²) in [7, 11) is 0. The quantitative estimate of drug-likeness (QED) is 0.900. The maximum atomic E-state index is 14.0. The largest absolute Gasteiger partial charge is 0.507 e. The molecule has 1 aromatic heterocycles. The van der Waals surface area contributed by atoms with Gasteiger partial charge in [0, 0.05) is 12.1 Å². The molecule has 0 amide bonds. The number of nitrogens with one attached hydrogen (secondary N) is 1. The van der Waals surface area contributed by atoms with Gasteiger partial charge in [0.2, 0.25) is 0 Å². The molecule has 0 unspecified atom stereocenters. The van der Waals surface area contributed by atoms with Crippen LogP contribution in [-0.4, -0.2) is 21.6 Å². The van der Waals surface area contributed by atoms with Crippen molar-refractivity contribution in [1.82, 2.24) is 9.97 Å². The van der Waals surface area contributed by atoms with Gasteiger partial charge in [0.25, 0.3) is 0 Å². The van der Waals surface area contributed by atoms with Crippen LogP contribution in [0.25, 0.3) is 11.4 Å². The van der Waals surface area contributed by atoms with Crippen molar-refractivity contribution < 1.29 is 9.50 Å². The number of halogens is 1. The van der Waals surface area contributed by atoms with Crippen LogP contribution in [0.1, 0.15) is 30.2 Å². The summed E-state index contributed by atoms with van der Waals surface area (Å²) in [6.07, 6.45) is 0.884. The van der Waals surface area contributed by atoms with Crippen LogP contribution in [0.4, 0.5) is 10.2 Å². The summed E-state index contributed by atoms with van der Waals surface area (Å²) in [4.78, 5) is 8.49. The van der Waals surface area contributed by atoms with Crippen molar-refractivity contribution in [2.75, 3.05) is 11.9 Å². The summed E-state index contributed by atoms with van der Waals surface area (Å²) in [5.41, 5.74) is 2.57. The molecule has 21 heavy (non-hydrogen) atoms. The molecule has 0 aliphatic heterocycles. The van der Waals surface area contributed by atoms with E-state index in [9.17, 15) is 9.50 Å². The monoisotopic (exact) mass is 289 g/mol. The lowest BCUT2D eigenvalue weighted by Crippen LogP contribution is -2.08. The summed E-state index contributed by atoms with van der Waals surface area (Å²) in [6, 6.07) is 3.61. The Morgan fingerprint density at radius 2 is 1.76 bits per heavy atom. The highest BCUT2D eigenvalue weighted by Crippen LogP contribution is 2.28. The minimum absolute atomic E-state index is 0.225. The topological polar surface area (TPSA) is 58.0 Å². The van der Waals surface area contributed by atoms with Crippen molar-refractivity contribution in [3.05, 3.63) is 34.8 Å². The van der Waals surface area contributed by atoms with Crippen molar-refractivity contribution in [1.29, 1.82) is 0 Å². The second kappa shape index (κ2) is 6.08. The lowest BCUT2D eigenvalue weighted by atomic mass is 10.1. The Kier molecular flexibility index (Phi) is 4.40. The van der Waals surface area contributed by atoms with E-state index in [1.807, 2.05) is 20.8 Å². The molecule has 0 fully saturated rings. The fraction of sp³-hybridized carbons (Fsp3) is 0.375. The zero-order valence-corrected chi connectivity index (χ0v) is 12.8. The maximum absolute atomic E-state index is 14.0. The maximum Gasteiger partial charge on any atom is 0.186 e. The molecule has 2 rings (SSSR count). The molecule has 0 bridgehead atoms.